The minimum atomic E-state index is -0.700. The lowest BCUT2D eigenvalue weighted by Crippen LogP contribution is -2.08. The summed E-state index contributed by atoms with van der Waals surface area (Å²) in [6.07, 6.45) is 0. The standard InChI is InChI=1S/C22H17ClFN3O3S/c1-12-6-8-14(9-7-12)25-22-26-15(11-31-22)10-29-21(28)18-13(2)30-27-20(18)19-16(23)4-3-5-17(19)24/h3-9,11H,10H2,1-2H3,(H,25,26). The van der Waals surface area contributed by atoms with E-state index >= 15 is 0 Å². The van der Waals surface area contributed by atoms with Gasteiger partial charge in [0.2, 0.25) is 0 Å². The van der Waals surface area contributed by atoms with Crippen molar-refractivity contribution in [3.8, 4) is 11.3 Å². The average Bonchev–Trinajstić information content (AvgIpc) is 3.34. The third-order valence-electron chi connectivity index (χ3n) is 4.47. The number of hydrogen-bond donors (Lipinski definition) is 1. The zero-order valence-corrected chi connectivity index (χ0v) is 18.2. The largest absolute Gasteiger partial charge is 0.455 e. The molecule has 4 aromatic rings. The quantitative estimate of drug-likeness (QED) is 0.342. The summed E-state index contributed by atoms with van der Waals surface area (Å²) < 4.78 is 24.8. The van der Waals surface area contributed by atoms with Crippen molar-refractivity contribution in [2.75, 3.05) is 5.32 Å². The molecule has 2 aromatic carbocycles. The predicted octanol–water partition coefficient (Wildman–Crippen LogP) is 6.31. The van der Waals surface area contributed by atoms with E-state index in [9.17, 15) is 9.18 Å². The highest BCUT2D eigenvalue weighted by molar-refractivity contribution is 7.13. The van der Waals surface area contributed by atoms with Crippen molar-refractivity contribution < 1.29 is 18.4 Å². The van der Waals surface area contributed by atoms with E-state index < -0.39 is 11.8 Å². The van der Waals surface area contributed by atoms with Crippen LogP contribution in [0.2, 0.25) is 5.02 Å². The van der Waals surface area contributed by atoms with Crippen LogP contribution in [0, 0.1) is 19.7 Å². The molecule has 0 atom stereocenters. The van der Waals surface area contributed by atoms with E-state index in [-0.39, 0.29) is 34.2 Å². The molecule has 4 rings (SSSR count). The van der Waals surface area contributed by atoms with Crippen LogP contribution in [0.5, 0.6) is 0 Å². The van der Waals surface area contributed by atoms with Crippen molar-refractivity contribution in [2.45, 2.75) is 20.5 Å². The predicted molar refractivity (Wildman–Crippen MR) is 117 cm³/mol. The van der Waals surface area contributed by atoms with Crippen LogP contribution < -0.4 is 5.32 Å². The average molecular weight is 458 g/mol. The molecule has 0 unspecified atom stereocenters. The highest BCUT2D eigenvalue weighted by atomic mass is 35.5. The summed E-state index contributed by atoms with van der Waals surface area (Å²) in [6.45, 7) is 3.51. The zero-order valence-electron chi connectivity index (χ0n) is 16.6. The third-order valence-corrected chi connectivity index (χ3v) is 5.59. The first-order chi connectivity index (χ1) is 14.9. The Kier molecular flexibility index (Phi) is 6.01. The van der Waals surface area contributed by atoms with Gasteiger partial charge in [-0.1, -0.05) is 40.5 Å². The van der Waals surface area contributed by atoms with E-state index in [2.05, 4.69) is 15.5 Å². The summed E-state index contributed by atoms with van der Waals surface area (Å²) in [5.74, 6) is -1.10. The van der Waals surface area contributed by atoms with Crippen molar-refractivity contribution in [1.82, 2.24) is 10.1 Å². The molecule has 6 nitrogen and oxygen atoms in total. The fourth-order valence-electron chi connectivity index (χ4n) is 2.91. The van der Waals surface area contributed by atoms with Gasteiger partial charge in [0.15, 0.2) is 5.13 Å². The number of aryl methyl sites for hydroxylation is 2. The molecule has 9 heteroatoms. The molecule has 1 N–H and O–H groups in total. The Morgan fingerprint density at radius 1 is 1.23 bits per heavy atom. The number of anilines is 2. The van der Waals surface area contributed by atoms with Crippen molar-refractivity contribution in [1.29, 1.82) is 0 Å². The van der Waals surface area contributed by atoms with Gasteiger partial charge in [-0.3, -0.25) is 0 Å². The molecule has 0 fully saturated rings. The smallest absolute Gasteiger partial charge is 0.344 e. The number of hydrogen-bond acceptors (Lipinski definition) is 7. The second-order valence-electron chi connectivity index (χ2n) is 6.77. The van der Waals surface area contributed by atoms with Gasteiger partial charge in [-0.25, -0.2) is 14.2 Å². The zero-order chi connectivity index (χ0) is 22.0. The molecule has 0 saturated heterocycles. The van der Waals surface area contributed by atoms with Gasteiger partial charge in [0.25, 0.3) is 0 Å². The number of nitrogens with zero attached hydrogens (tertiary/aromatic N) is 2. The van der Waals surface area contributed by atoms with E-state index in [4.69, 9.17) is 20.9 Å². The number of halogens is 2. The normalized spacial score (nSPS) is 10.8. The first kappa shape index (κ1) is 21.0. The van der Waals surface area contributed by atoms with E-state index in [0.717, 1.165) is 11.3 Å². The lowest BCUT2D eigenvalue weighted by Gasteiger charge is -2.06. The number of rotatable bonds is 6. The van der Waals surface area contributed by atoms with Gasteiger partial charge in [0.1, 0.15) is 29.4 Å². The minimum absolute atomic E-state index is 0.00519. The van der Waals surface area contributed by atoms with E-state index in [1.54, 1.807) is 12.3 Å². The maximum absolute atomic E-state index is 14.3. The maximum Gasteiger partial charge on any atom is 0.344 e. The highest BCUT2D eigenvalue weighted by Crippen LogP contribution is 2.34. The third kappa shape index (κ3) is 4.60. The van der Waals surface area contributed by atoms with Crippen molar-refractivity contribution >= 4 is 39.7 Å². The Balaban J connectivity index is 1.47. The SMILES string of the molecule is Cc1ccc(Nc2nc(COC(=O)c3c(-c4c(F)cccc4Cl)noc3C)cs2)cc1. The number of ether oxygens (including phenoxy) is 1. The van der Waals surface area contributed by atoms with Gasteiger partial charge in [0.05, 0.1) is 16.3 Å². The molecule has 0 amide bonds. The van der Waals surface area contributed by atoms with E-state index in [0.29, 0.717) is 10.8 Å². The van der Waals surface area contributed by atoms with Crippen LogP contribution in [0.15, 0.2) is 52.4 Å². The van der Waals surface area contributed by atoms with Gasteiger partial charge < -0.3 is 14.6 Å². The molecule has 158 valence electrons. The van der Waals surface area contributed by atoms with Gasteiger partial charge in [0, 0.05) is 11.1 Å². The van der Waals surface area contributed by atoms with Gasteiger partial charge >= 0.3 is 5.97 Å². The fourth-order valence-corrected chi connectivity index (χ4v) is 3.88. The molecule has 0 spiro atoms. The molecule has 0 aliphatic rings. The number of nitrogens with one attached hydrogen (secondary N) is 1. The number of carbonyl (C=O) groups is 1. The van der Waals surface area contributed by atoms with Crippen LogP contribution in [0.1, 0.15) is 27.4 Å². The topological polar surface area (TPSA) is 77.3 Å². The maximum atomic E-state index is 14.3. The minimum Gasteiger partial charge on any atom is -0.455 e. The van der Waals surface area contributed by atoms with Crippen LogP contribution in [0.3, 0.4) is 0 Å². The summed E-state index contributed by atoms with van der Waals surface area (Å²) in [6, 6.07) is 12.1. The monoisotopic (exact) mass is 457 g/mol. The molecular weight excluding hydrogens is 441 g/mol. The lowest BCUT2D eigenvalue weighted by atomic mass is 10.1. The molecular formula is C22H17ClFN3O3S. The summed E-state index contributed by atoms with van der Waals surface area (Å²) >= 11 is 7.50. The Morgan fingerprint density at radius 3 is 2.74 bits per heavy atom. The Hall–Kier alpha value is -3.23. The molecule has 31 heavy (non-hydrogen) atoms. The van der Waals surface area contributed by atoms with Crippen molar-refractivity contribution in [3.63, 3.8) is 0 Å². The molecule has 2 aromatic heterocycles. The second kappa shape index (κ2) is 8.87. The molecule has 2 heterocycles. The number of esters is 1. The summed E-state index contributed by atoms with van der Waals surface area (Å²) in [5, 5.41) is 9.61. The summed E-state index contributed by atoms with van der Waals surface area (Å²) in [4.78, 5) is 17.1. The number of thiazole rings is 1. The number of carbonyl (C=O) groups excluding carboxylic acids is 1. The summed E-state index contributed by atoms with van der Waals surface area (Å²) in [5.41, 5.74) is 2.68. The second-order valence-corrected chi connectivity index (χ2v) is 8.04. The van der Waals surface area contributed by atoms with Gasteiger partial charge in [-0.15, -0.1) is 11.3 Å². The van der Waals surface area contributed by atoms with Crippen molar-refractivity contribution in [2.24, 2.45) is 0 Å². The van der Waals surface area contributed by atoms with Gasteiger partial charge in [-0.2, -0.15) is 0 Å². The van der Waals surface area contributed by atoms with Crippen LogP contribution in [-0.2, 0) is 11.3 Å². The van der Waals surface area contributed by atoms with Crippen LogP contribution >= 0.6 is 22.9 Å². The van der Waals surface area contributed by atoms with Crippen LogP contribution in [0.25, 0.3) is 11.3 Å². The first-order valence-corrected chi connectivity index (χ1v) is 10.5. The van der Waals surface area contributed by atoms with Crippen LogP contribution in [0.4, 0.5) is 15.2 Å². The van der Waals surface area contributed by atoms with E-state index in [1.807, 2.05) is 31.2 Å². The molecule has 0 bridgehead atoms. The Morgan fingerprint density at radius 2 is 2.00 bits per heavy atom. The Bertz CT molecular complexity index is 1220. The number of aromatic nitrogens is 2. The number of benzene rings is 2. The van der Waals surface area contributed by atoms with Gasteiger partial charge in [-0.05, 0) is 38.1 Å². The lowest BCUT2D eigenvalue weighted by molar-refractivity contribution is 0.0467. The van der Waals surface area contributed by atoms with Crippen molar-refractivity contribution in [3.05, 3.63) is 81.3 Å². The fraction of sp³-hybridized carbons (Fsp3) is 0.136. The molecule has 0 aliphatic carbocycles. The van der Waals surface area contributed by atoms with Crippen LogP contribution in [-0.4, -0.2) is 16.1 Å². The first-order valence-electron chi connectivity index (χ1n) is 9.28. The highest BCUT2D eigenvalue weighted by Gasteiger charge is 2.26. The Labute approximate surface area is 186 Å². The molecule has 0 aliphatic heterocycles. The molecule has 0 saturated carbocycles. The van der Waals surface area contributed by atoms with E-state index in [1.165, 1.54) is 29.5 Å². The molecule has 0 radical (unpaired) electrons. The summed E-state index contributed by atoms with van der Waals surface area (Å²) in [7, 11) is 0.